The van der Waals surface area contributed by atoms with Gasteiger partial charge in [-0.2, -0.15) is 14.6 Å². The molecule has 1 heterocycles. The van der Waals surface area contributed by atoms with Gasteiger partial charge < -0.3 is 4.74 Å². The molecular formula is C23H30F2N2O. The first-order valence-electron chi connectivity index (χ1n) is 10.5. The Hall–Kier alpha value is -2.04. The second-order valence-corrected chi connectivity index (χ2v) is 8.02. The second-order valence-electron chi connectivity index (χ2n) is 8.02. The van der Waals surface area contributed by atoms with Crippen molar-refractivity contribution in [2.24, 2.45) is 11.8 Å². The van der Waals surface area contributed by atoms with Gasteiger partial charge in [-0.3, -0.25) is 0 Å². The predicted octanol–water partition coefficient (Wildman–Crippen LogP) is 6.36. The molecule has 1 saturated carbocycles. The highest BCUT2D eigenvalue weighted by atomic mass is 19.2. The fourth-order valence-corrected chi connectivity index (χ4v) is 3.77. The zero-order valence-electron chi connectivity index (χ0n) is 16.9. The van der Waals surface area contributed by atoms with Gasteiger partial charge in [-0.1, -0.05) is 46.0 Å². The van der Waals surface area contributed by atoms with E-state index in [1.165, 1.54) is 37.8 Å². The Morgan fingerprint density at radius 3 is 2.46 bits per heavy atom. The lowest BCUT2D eigenvalue weighted by Crippen LogP contribution is -2.13. The van der Waals surface area contributed by atoms with E-state index in [0.29, 0.717) is 12.3 Å². The lowest BCUT2D eigenvalue weighted by Gasteiger charge is -2.25. The van der Waals surface area contributed by atoms with E-state index in [-0.39, 0.29) is 11.3 Å². The first-order valence-corrected chi connectivity index (χ1v) is 10.5. The van der Waals surface area contributed by atoms with Crippen molar-refractivity contribution < 1.29 is 13.5 Å². The molecule has 0 aliphatic heterocycles. The summed E-state index contributed by atoms with van der Waals surface area (Å²) in [6.45, 7) is 4.72. The number of aryl methyl sites for hydroxylation is 1. The molecule has 1 aliphatic carbocycles. The molecule has 0 saturated heterocycles. The molecular weight excluding hydrogens is 358 g/mol. The second kappa shape index (κ2) is 9.94. The molecule has 0 amide bonds. The molecule has 2 aromatic rings. The molecule has 1 aliphatic rings. The number of benzene rings is 1. The third-order valence-corrected chi connectivity index (χ3v) is 5.74. The number of halogens is 2. The van der Waals surface area contributed by atoms with E-state index in [9.17, 15) is 8.78 Å². The number of hydrogen-bond donors (Lipinski definition) is 0. The van der Waals surface area contributed by atoms with Gasteiger partial charge in [0.15, 0.2) is 11.6 Å². The van der Waals surface area contributed by atoms with Crippen LogP contribution in [-0.4, -0.2) is 16.8 Å². The zero-order chi connectivity index (χ0) is 19.9. The molecule has 1 aromatic heterocycles. The van der Waals surface area contributed by atoms with Crippen LogP contribution in [0.15, 0.2) is 24.3 Å². The van der Waals surface area contributed by atoms with Crippen molar-refractivity contribution in [1.82, 2.24) is 10.2 Å². The summed E-state index contributed by atoms with van der Waals surface area (Å²) >= 11 is 0. The highest BCUT2D eigenvalue weighted by Crippen LogP contribution is 2.31. The smallest absolute Gasteiger partial charge is 0.201 e. The maximum absolute atomic E-state index is 14.5. The third kappa shape index (κ3) is 5.27. The maximum Gasteiger partial charge on any atom is 0.201 e. The Morgan fingerprint density at radius 1 is 1.00 bits per heavy atom. The van der Waals surface area contributed by atoms with Gasteiger partial charge in [0.1, 0.15) is 0 Å². The van der Waals surface area contributed by atoms with Crippen LogP contribution in [0.25, 0.3) is 11.3 Å². The molecule has 0 radical (unpaired) electrons. The van der Waals surface area contributed by atoms with Crippen molar-refractivity contribution in [3.63, 3.8) is 0 Å². The molecule has 0 bridgehead atoms. The largest absolute Gasteiger partial charge is 0.490 e. The van der Waals surface area contributed by atoms with Crippen molar-refractivity contribution in [1.29, 1.82) is 0 Å². The van der Waals surface area contributed by atoms with Crippen molar-refractivity contribution in [2.45, 2.75) is 65.2 Å². The molecule has 0 N–H and O–H groups in total. The van der Waals surface area contributed by atoms with E-state index in [4.69, 9.17) is 4.74 Å². The van der Waals surface area contributed by atoms with Crippen LogP contribution < -0.4 is 4.74 Å². The number of unbranched alkanes of at least 4 members (excludes halogenated alkanes) is 1. The quantitative estimate of drug-likeness (QED) is 0.494. The van der Waals surface area contributed by atoms with Crippen LogP contribution in [0.5, 0.6) is 5.75 Å². The Morgan fingerprint density at radius 2 is 1.79 bits per heavy atom. The normalized spacial score (nSPS) is 19.6. The molecule has 0 atom stereocenters. The van der Waals surface area contributed by atoms with Crippen LogP contribution in [0.4, 0.5) is 8.78 Å². The Bertz CT molecular complexity index is 756. The van der Waals surface area contributed by atoms with E-state index in [1.54, 1.807) is 6.07 Å². The summed E-state index contributed by atoms with van der Waals surface area (Å²) in [4.78, 5) is 0. The van der Waals surface area contributed by atoms with Gasteiger partial charge in [0, 0.05) is 5.56 Å². The zero-order valence-corrected chi connectivity index (χ0v) is 16.9. The van der Waals surface area contributed by atoms with Crippen LogP contribution >= 0.6 is 0 Å². The van der Waals surface area contributed by atoms with E-state index in [0.717, 1.165) is 43.2 Å². The topological polar surface area (TPSA) is 35.0 Å². The van der Waals surface area contributed by atoms with Crippen LogP contribution in [0.2, 0.25) is 0 Å². The molecule has 5 heteroatoms. The van der Waals surface area contributed by atoms with Gasteiger partial charge in [0.25, 0.3) is 0 Å². The maximum atomic E-state index is 14.5. The predicted molar refractivity (Wildman–Crippen MR) is 107 cm³/mol. The standard InChI is InChI=1S/C23H30F2N2O/c1-3-4-15-28-21-14-12-19(22(24)23(21)25)20-13-11-18(26-27-20)10-9-17-7-5-16(2)6-8-17/h11-14,16-17H,3-10,15H2,1-2H3. The Balaban J connectivity index is 1.62. The van der Waals surface area contributed by atoms with E-state index in [2.05, 4.69) is 17.1 Å². The average molecular weight is 389 g/mol. The van der Waals surface area contributed by atoms with Crippen molar-refractivity contribution in [3.8, 4) is 17.0 Å². The summed E-state index contributed by atoms with van der Waals surface area (Å²) in [5.74, 6) is -0.335. The summed E-state index contributed by atoms with van der Waals surface area (Å²) < 4.78 is 34.0. The molecule has 0 unspecified atom stereocenters. The van der Waals surface area contributed by atoms with Gasteiger partial charge in [0.2, 0.25) is 5.82 Å². The molecule has 1 fully saturated rings. The van der Waals surface area contributed by atoms with Crippen LogP contribution in [0.3, 0.4) is 0 Å². The van der Waals surface area contributed by atoms with Crippen LogP contribution in [0.1, 0.15) is 64.5 Å². The van der Waals surface area contributed by atoms with Crippen LogP contribution in [0, 0.1) is 23.5 Å². The summed E-state index contributed by atoms with van der Waals surface area (Å²) in [5, 5.41) is 8.37. The summed E-state index contributed by atoms with van der Waals surface area (Å²) in [7, 11) is 0. The number of ether oxygens (including phenoxy) is 1. The minimum absolute atomic E-state index is 0.0546. The summed E-state index contributed by atoms with van der Waals surface area (Å²) in [6.07, 6.45) is 8.96. The first-order chi connectivity index (χ1) is 13.6. The Labute approximate surface area is 166 Å². The van der Waals surface area contributed by atoms with E-state index >= 15 is 0 Å². The highest BCUT2D eigenvalue weighted by Gasteiger charge is 2.19. The lowest BCUT2D eigenvalue weighted by atomic mass is 9.81. The fraction of sp³-hybridized carbons (Fsp3) is 0.565. The van der Waals surface area contributed by atoms with Gasteiger partial charge in [-0.25, -0.2) is 4.39 Å². The van der Waals surface area contributed by atoms with Crippen molar-refractivity contribution in [2.75, 3.05) is 6.61 Å². The molecule has 1 aromatic carbocycles. The monoisotopic (exact) mass is 388 g/mol. The number of nitrogens with zero attached hydrogens (tertiary/aromatic N) is 2. The summed E-state index contributed by atoms with van der Waals surface area (Å²) in [6, 6.07) is 6.56. The first kappa shape index (κ1) is 20.7. The third-order valence-electron chi connectivity index (χ3n) is 5.74. The molecule has 3 rings (SSSR count). The number of rotatable bonds is 8. The molecule has 28 heavy (non-hydrogen) atoms. The van der Waals surface area contributed by atoms with Gasteiger partial charge in [-0.05, 0) is 55.4 Å². The van der Waals surface area contributed by atoms with Crippen molar-refractivity contribution >= 4 is 0 Å². The van der Waals surface area contributed by atoms with E-state index in [1.807, 2.05) is 13.0 Å². The van der Waals surface area contributed by atoms with Crippen molar-refractivity contribution in [3.05, 3.63) is 41.6 Å². The highest BCUT2D eigenvalue weighted by molar-refractivity contribution is 5.61. The van der Waals surface area contributed by atoms with Crippen LogP contribution in [-0.2, 0) is 6.42 Å². The molecule has 0 spiro atoms. The van der Waals surface area contributed by atoms with Gasteiger partial charge in [-0.15, -0.1) is 0 Å². The van der Waals surface area contributed by atoms with Gasteiger partial charge >= 0.3 is 0 Å². The number of hydrogen-bond acceptors (Lipinski definition) is 3. The van der Waals surface area contributed by atoms with Gasteiger partial charge in [0.05, 0.1) is 18.0 Å². The minimum atomic E-state index is -0.967. The number of aromatic nitrogens is 2. The minimum Gasteiger partial charge on any atom is -0.490 e. The Kier molecular flexibility index (Phi) is 7.35. The van der Waals surface area contributed by atoms with E-state index < -0.39 is 11.6 Å². The molecule has 152 valence electrons. The fourth-order valence-electron chi connectivity index (χ4n) is 3.77. The summed E-state index contributed by atoms with van der Waals surface area (Å²) in [5.41, 5.74) is 1.36. The average Bonchev–Trinajstić information content (AvgIpc) is 2.71. The lowest BCUT2D eigenvalue weighted by molar-refractivity contribution is 0.277. The SMILES string of the molecule is CCCCOc1ccc(-c2ccc(CCC3CCC(C)CC3)nn2)c(F)c1F. The molecule has 3 nitrogen and oxygen atoms in total.